The van der Waals surface area contributed by atoms with Gasteiger partial charge in [-0.1, -0.05) is 12.1 Å². The molecule has 0 saturated carbocycles. The third-order valence-corrected chi connectivity index (χ3v) is 5.82. The van der Waals surface area contributed by atoms with Gasteiger partial charge in [-0.05, 0) is 50.6 Å². The summed E-state index contributed by atoms with van der Waals surface area (Å²) in [7, 11) is 1.76. The van der Waals surface area contributed by atoms with E-state index in [4.69, 9.17) is 4.74 Å². The fraction of sp³-hybridized carbons (Fsp3) is 0.455. The van der Waals surface area contributed by atoms with Gasteiger partial charge in [0.05, 0.1) is 18.8 Å². The number of rotatable bonds is 5. The van der Waals surface area contributed by atoms with Crippen LogP contribution in [0.15, 0.2) is 41.4 Å². The van der Waals surface area contributed by atoms with E-state index in [1.165, 1.54) is 9.75 Å². The lowest BCUT2D eigenvalue weighted by Gasteiger charge is -2.35. The van der Waals surface area contributed by atoms with Gasteiger partial charge in [0, 0.05) is 42.0 Å². The SMILES string of the molecule is CN=C(NCc1ccc(C(=O)N2CC(C)OC(C)C2)cc1)NCc1ccc(C)s1.I. The van der Waals surface area contributed by atoms with Crippen LogP contribution in [-0.4, -0.2) is 49.1 Å². The molecule has 0 radical (unpaired) electrons. The summed E-state index contributed by atoms with van der Waals surface area (Å²) in [5.41, 5.74) is 1.81. The number of morpholine rings is 1. The maximum atomic E-state index is 12.8. The minimum absolute atomic E-state index is 0. The Kier molecular flexibility index (Phi) is 9.57. The van der Waals surface area contributed by atoms with Crippen LogP contribution in [0.5, 0.6) is 0 Å². The van der Waals surface area contributed by atoms with Crippen LogP contribution in [0.4, 0.5) is 0 Å². The van der Waals surface area contributed by atoms with E-state index in [1.807, 2.05) is 43.0 Å². The van der Waals surface area contributed by atoms with Gasteiger partial charge in [0.25, 0.3) is 5.91 Å². The molecule has 1 aromatic carbocycles. The Hall–Kier alpha value is -1.65. The zero-order chi connectivity index (χ0) is 20.8. The molecular formula is C22H31IN4O2S. The van der Waals surface area contributed by atoms with E-state index in [2.05, 4.69) is 34.7 Å². The molecule has 2 heterocycles. The van der Waals surface area contributed by atoms with Crippen LogP contribution in [0.25, 0.3) is 0 Å². The second kappa shape index (κ2) is 11.7. The number of carbonyl (C=O) groups excluding carboxylic acids is 1. The Morgan fingerprint density at radius 3 is 2.30 bits per heavy atom. The van der Waals surface area contributed by atoms with E-state index < -0.39 is 0 Å². The summed E-state index contributed by atoms with van der Waals surface area (Å²) in [6.45, 7) is 8.79. The third-order valence-electron chi connectivity index (χ3n) is 4.82. The van der Waals surface area contributed by atoms with E-state index >= 15 is 0 Å². The number of hydrogen-bond donors (Lipinski definition) is 2. The van der Waals surface area contributed by atoms with Gasteiger partial charge in [0.15, 0.2) is 5.96 Å². The Morgan fingerprint density at radius 2 is 1.73 bits per heavy atom. The van der Waals surface area contributed by atoms with E-state index in [0.29, 0.717) is 25.2 Å². The quantitative estimate of drug-likeness (QED) is 0.343. The smallest absolute Gasteiger partial charge is 0.254 e. The average Bonchev–Trinajstić information content (AvgIpc) is 3.12. The highest BCUT2D eigenvalue weighted by molar-refractivity contribution is 14.0. The van der Waals surface area contributed by atoms with E-state index in [1.54, 1.807) is 18.4 Å². The summed E-state index contributed by atoms with van der Waals surface area (Å²) in [5.74, 6) is 0.822. The minimum Gasteiger partial charge on any atom is -0.372 e. The molecule has 2 atom stereocenters. The van der Waals surface area contributed by atoms with Gasteiger partial charge in [-0.15, -0.1) is 35.3 Å². The Balaban J connectivity index is 0.00000320. The number of halogens is 1. The highest BCUT2D eigenvalue weighted by atomic mass is 127. The van der Waals surface area contributed by atoms with Crippen molar-refractivity contribution in [3.8, 4) is 0 Å². The predicted octanol–water partition coefficient (Wildman–Crippen LogP) is 3.79. The number of aryl methyl sites for hydroxylation is 1. The van der Waals surface area contributed by atoms with E-state index in [9.17, 15) is 4.79 Å². The molecule has 0 aliphatic carbocycles. The lowest BCUT2D eigenvalue weighted by Crippen LogP contribution is -2.48. The zero-order valence-corrected chi connectivity index (χ0v) is 21.1. The van der Waals surface area contributed by atoms with Crippen molar-refractivity contribution in [2.24, 2.45) is 4.99 Å². The third kappa shape index (κ3) is 6.95. The number of guanidine groups is 1. The van der Waals surface area contributed by atoms with Crippen LogP contribution in [-0.2, 0) is 17.8 Å². The molecule has 3 rings (SSSR count). The monoisotopic (exact) mass is 542 g/mol. The highest BCUT2D eigenvalue weighted by Gasteiger charge is 2.26. The summed E-state index contributed by atoms with van der Waals surface area (Å²) >= 11 is 1.78. The van der Waals surface area contributed by atoms with Gasteiger partial charge < -0.3 is 20.3 Å². The van der Waals surface area contributed by atoms with Crippen molar-refractivity contribution in [3.63, 3.8) is 0 Å². The van der Waals surface area contributed by atoms with Crippen LogP contribution in [0.2, 0.25) is 0 Å². The minimum atomic E-state index is 0. The molecule has 1 aromatic heterocycles. The molecule has 1 aliphatic heterocycles. The molecular weight excluding hydrogens is 511 g/mol. The molecule has 2 unspecified atom stereocenters. The van der Waals surface area contributed by atoms with Gasteiger partial charge >= 0.3 is 0 Å². The lowest BCUT2D eigenvalue weighted by atomic mass is 10.1. The Morgan fingerprint density at radius 1 is 1.10 bits per heavy atom. The Labute approximate surface area is 200 Å². The number of nitrogens with zero attached hydrogens (tertiary/aromatic N) is 2. The van der Waals surface area contributed by atoms with Crippen molar-refractivity contribution in [1.29, 1.82) is 0 Å². The van der Waals surface area contributed by atoms with Gasteiger partial charge in [0.1, 0.15) is 0 Å². The lowest BCUT2D eigenvalue weighted by molar-refractivity contribution is -0.0586. The predicted molar refractivity (Wildman–Crippen MR) is 134 cm³/mol. The normalized spacial score (nSPS) is 19.2. The molecule has 0 spiro atoms. The number of ether oxygens (including phenoxy) is 1. The standard InChI is InChI=1S/C22H30N4O2S.HI/c1-15-13-26(14-16(2)28-15)21(27)19-8-6-18(7-9-19)11-24-22(23-4)25-12-20-10-5-17(3)29-20;/h5-10,15-16H,11-14H2,1-4H3,(H2,23,24,25);1H. The molecule has 2 aromatic rings. The summed E-state index contributed by atoms with van der Waals surface area (Å²) in [5, 5.41) is 6.64. The van der Waals surface area contributed by atoms with Gasteiger partial charge in [-0.25, -0.2) is 0 Å². The molecule has 8 heteroatoms. The maximum absolute atomic E-state index is 12.8. The summed E-state index contributed by atoms with van der Waals surface area (Å²) in [4.78, 5) is 21.5. The fourth-order valence-corrected chi connectivity index (χ4v) is 4.28. The number of carbonyl (C=O) groups is 1. The molecule has 164 valence electrons. The topological polar surface area (TPSA) is 66.0 Å². The van der Waals surface area contributed by atoms with Crippen molar-refractivity contribution in [2.45, 2.75) is 46.1 Å². The van der Waals surface area contributed by atoms with Gasteiger partial charge in [-0.2, -0.15) is 0 Å². The number of thiophene rings is 1. The van der Waals surface area contributed by atoms with Crippen molar-refractivity contribution in [1.82, 2.24) is 15.5 Å². The number of benzene rings is 1. The van der Waals surface area contributed by atoms with Crippen LogP contribution >= 0.6 is 35.3 Å². The van der Waals surface area contributed by atoms with Crippen LogP contribution in [0.3, 0.4) is 0 Å². The molecule has 6 nitrogen and oxygen atoms in total. The van der Waals surface area contributed by atoms with Gasteiger partial charge in [-0.3, -0.25) is 9.79 Å². The van der Waals surface area contributed by atoms with Crippen LogP contribution in [0, 0.1) is 6.92 Å². The van der Waals surface area contributed by atoms with E-state index in [0.717, 1.165) is 18.1 Å². The first-order chi connectivity index (χ1) is 13.9. The maximum Gasteiger partial charge on any atom is 0.254 e. The molecule has 2 N–H and O–H groups in total. The number of aliphatic imine (C=N–C) groups is 1. The van der Waals surface area contributed by atoms with Crippen molar-refractivity contribution < 1.29 is 9.53 Å². The van der Waals surface area contributed by atoms with Gasteiger partial charge in [0.2, 0.25) is 0 Å². The van der Waals surface area contributed by atoms with E-state index in [-0.39, 0.29) is 42.1 Å². The summed E-state index contributed by atoms with van der Waals surface area (Å²) in [6, 6.07) is 12.0. The number of amides is 1. The van der Waals surface area contributed by atoms with Crippen LogP contribution < -0.4 is 10.6 Å². The number of hydrogen-bond acceptors (Lipinski definition) is 4. The highest BCUT2D eigenvalue weighted by Crippen LogP contribution is 2.16. The molecule has 1 saturated heterocycles. The first kappa shape index (κ1) is 24.6. The zero-order valence-electron chi connectivity index (χ0n) is 18.0. The Bertz CT molecular complexity index is 843. The summed E-state index contributed by atoms with van der Waals surface area (Å²) < 4.78 is 5.72. The molecule has 1 fully saturated rings. The molecule has 1 amide bonds. The first-order valence-corrected chi connectivity index (χ1v) is 10.8. The van der Waals surface area contributed by atoms with Crippen molar-refractivity contribution >= 4 is 47.2 Å². The van der Waals surface area contributed by atoms with Crippen molar-refractivity contribution in [2.75, 3.05) is 20.1 Å². The van der Waals surface area contributed by atoms with Crippen molar-refractivity contribution in [3.05, 3.63) is 57.3 Å². The van der Waals surface area contributed by atoms with Crippen LogP contribution in [0.1, 0.15) is 39.5 Å². The first-order valence-electron chi connectivity index (χ1n) is 9.98. The summed E-state index contributed by atoms with van der Waals surface area (Å²) in [6.07, 6.45) is 0.145. The fourth-order valence-electron chi connectivity index (χ4n) is 3.45. The second-order valence-electron chi connectivity index (χ2n) is 7.46. The molecule has 1 aliphatic rings. The second-order valence-corrected chi connectivity index (χ2v) is 8.83. The molecule has 30 heavy (non-hydrogen) atoms. The average molecular weight is 542 g/mol. The number of nitrogens with one attached hydrogen (secondary N) is 2. The largest absolute Gasteiger partial charge is 0.372 e. The molecule has 0 bridgehead atoms.